The number of amides is 1. The van der Waals surface area contributed by atoms with Crippen molar-refractivity contribution in [1.29, 1.82) is 0 Å². The average Bonchev–Trinajstić information content (AvgIpc) is 3.25. The summed E-state index contributed by atoms with van der Waals surface area (Å²) in [5.41, 5.74) is 3.25. The zero-order chi connectivity index (χ0) is 16.9. The Morgan fingerprint density at radius 1 is 1.17 bits per heavy atom. The number of nitrogens with zero attached hydrogens (tertiary/aromatic N) is 1. The molecule has 4 nitrogen and oxygen atoms in total. The van der Waals surface area contributed by atoms with E-state index in [1.807, 2.05) is 17.5 Å². The summed E-state index contributed by atoms with van der Waals surface area (Å²) in [7, 11) is 0. The first-order valence-electron chi connectivity index (χ1n) is 8.31. The number of benzene rings is 1. The summed E-state index contributed by atoms with van der Waals surface area (Å²) in [5.74, 6) is 0.0277. The van der Waals surface area contributed by atoms with Gasteiger partial charge in [0.1, 0.15) is 0 Å². The number of thiophene rings is 1. The molecule has 3 rings (SSSR count). The third kappa shape index (κ3) is 4.23. The fourth-order valence-corrected chi connectivity index (χ4v) is 3.76. The molecule has 1 saturated heterocycles. The molecular weight excluding hydrogens is 320 g/mol. The fraction of sp³-hybridized carbons (Fsp3) is 0.368. The molecule has 0 aliphatic carbocycles. The van der Waals surface area contributed by atoms with Gasteiger partial charge in [-0.15, -0.1) is 11.3 Å². The molecule has 0 saturated carbocycles. The zero-order valence-electron chi connectivity index (χ0n) is 13.9. The Kier molecular flexibility index (Phi) is 5.30. The van der Waals surface area contributed by atoms with E-state index in [9.17, 15) is 9.59 Å². The van der Waals surface area contributed by atoms with Crippen LogP contribution in [0.25, 0.3) is 0 Å². The summed E-state index contributed by atoms with van der Waals surface area (Å²) in [5, 5.41) is 4.85. The molecule has 1 amide bonds. The van der Waals surface area contributed by atoms with Gasteiger partial charge in [0.25, 0.3) is 0 Å². The Labute approximate surface area is 146 Å². The Morgan fingerprint density at radius 3 is 2.67 bits per heavy atom. The number of hydrogen-bond donors (Lipinski definition) is 1. The molecule has 2 aromatic rings. The van der Waals surface area contributed by atoms with Gasteiger partial charge in [0.15, 0.2) is 5.78 Å². The number of carbonyl (C=O) groups excluding carboxylic acids is 2. The fourth-order valence-electron chi connectivity index (χ4n) is 2.94. The van der Waals surface area contributed by atoms with E-state index in [1.54, 1.807) is 13.0 Å². The van der Waals surface area contributed by atoms with Crippen molar-refractivity contribution in [3.8, 4) is 0 Å². The van der Waals surface area contributed by atoms with E-state index in [0.29, 0.717) is 17.8 Å². The minimum atomic E-state index is -0.0190. The van der Waals surface area contributed by atoms with Crippen molar-refractivity contribution in [2.24, 2.45) is 0 Å². The lowest BCUT2D eigenvalue weighted by molar-refractivity contribution is -0.120. The summed E-state index contributed by atoms with van der Waals surface area (Å²) < 4.78 is 0. The molecule has 0 bridgehead atoms. The van der Waals surface area contributed by atoms with Crippen LogP contribution >= 0.6 is 11.3 Å². The first-order chi connectivity index (χ1) is 11.6. The molecule has 1 aromatic heterocycles. The number of nitrogens with one attached hydrogen (secondary N) is 1. The van der Waals surface area contributed by atoms with Gasteiger partial charge >= 0.3 is 0 Å². The summed E-state index contributed by atoms with van der Waals surface area (Å²) in [4.78, 5) is 26.5. The summed E-state index contributed by atoms with van der Waals surface area (Å²) in [6.07, 6.45) is 2.82. The van der Waals surface area contributed by atoms with Crippen molar-refractivity contribution in [3.63, 3.8) is 0 Å². The van der Waals surface area contributed by atoms with Crippen LogP contribution in [-0.2, 0) is 17.8 Å². The molecular formula is C19H22N2O2S. The summed E-state index contributed by atoms with van der Waals surface area (Å²) in [6, 6.07) is 10.2. The van der Waals surface area contributed by atoms with Gasteiger partial charge in [-0.25, -0.2) is 0 Å². The number of carbonyl (C=O) groups is 2. The Bertz CT molecular complexity index is 732. The highest BCUT2D eigenvalue weighted by Crippen LogP contribution is 2.21. The van der Waals surface area contributed by atoms with Gasteiger partial charge in [-0.2, -0.15) is 0 Å². The van der Waals surface area contributed by atoms with Crippen molar-refractivity contribution < 1.29 is 9.59 Å². The van der Waals surface area contributed by atoms with Crippen molar-refractivity contribution in [2.75, 3.05) is 18.0 Å². The van der Waals surface area contributed by atoms with Crippen LogP contribution in [0.15, 0.2) is 35.7 Å². The molecule has 5 heteroatoms. The van der Waals surface area contributed by atoms with Gasteiger partial charge in [0.05, 0.1) is 11.3 Å². The second kappa shape index (κ2) is 7.62. The van der Waals surface area contributed by atoms with Gasteiger partial charge < -0.3 is 10.2 Å². The maximum absolute atomic E-state index is 12.1. The van der Waals surface area contributed by atoms with Crippen LogP contribution in [0.3, 0.4) is 0 Å². The molecule has 1 aliphatic heterocycles. The second-order valence-corrected chi connectivity index (χ2v) is 7.10. The van der Waals surface area contributed by atoms with Gasteiger partial charge in [-0.05, 0) is 54.5 Å². The minimum Gasteiger partial charge on any atom is -0.372 e. The lowest BCUT2D eigenvalue weighted by atomic mass is 10.1. The molecule has 1 fully saturated rings. The largest absolute Gasteiger partial charge is 0.372 e. The Morgan fingerprint density at radius 2 is 1.96 bits per heavy atom. The van der Waals surface area contributed by atoms with Crippen LogP contribution in [0.2, 0.25) is 0 Å². The van der Waals surface area contributed by atoms with Gasteiger partial charge in [0.2, 0.25) is 5.91 Å². The molecule has 0 atom stereocenters. The second-order valence-electron chi connectivity index (χ2n) is 6.19. The molecule has 0 unspecified atom stereocenters. The maximum atomic E-state index is 12.1. The standard InChI is InChI=1S/C19H22N2O2S/c1-14(22)18-10-16(13-24-18)11-19(23)20-12-15-5-4-6-17(9-15)21-7-2-3-8-21/h4-6,9-10,13H,2-3,7-8,11-12H2,1H3,(H,20,23). The number of Topliss-reactive ketones (excluding diaryl/α,β-unsaturated/α-hetero) is 1. The van der Waals surface area contributed by atoms with E-state index in [4.69, 9.17) is 0 Å². The summed E-state index contributed by atoms with van der Waals surface area (Å²) in [6.45, 7) is 4.31. The number of rotatable bonds is 6. The molecule has 0 radical (unpaired) electrons. The summed E-state index contributed by atoms with van der Waals surface area (Å²) >= 11 is 1.40. The van der Waals surface area contributed by atoms with Crippen molar-refractivity contribution in [2.45, 2.75) is 32.7 Å². The van der Waals surface area contributed by atoms with E-state index >= 15 is 0 Å². The molecule has 24 heavy (non-hydrogen) atoms. The average molecular weight is 342 g/mol. The normalized spacial score (nSPS) is 14.0. The molecule has 1 aromatic carbocycles. The monoisotopic (exact) mass is 342 g/mol. The van der Waals surface area contributed by atoms with Crippen LogP contribution in [0.4, 0.5) is 5.69 Å². The van der Waals surface area contributed by atoms with Crippen LogP contribution in [-0.4, -0.2) is 24.8 Å². The molecule has 1 aliphatic rings. The lowest BCUT2D eigenvalue weighted by Gasteiger charge is -2.18. The predicted molar refractivity (Wildman–Crippen MR) is 97.8 cm³/mol. The van der Waals surface area contributed by atoms with E-state index in [0.717, 1.165) is 24.2 Å². The van der Waals surface area contributed by atoms with Crippen LogP contribution in [0.1, 0.15) is 40.6 Å². The van der Waals surface area contributed by atoms with Gasteiger partial charge in [-0.1, -0.05) is 12.1 Å². The Hall–Kier alpha value is -2.14. The highest BCUT2D eigenvalue weighted by molar-refractivity contribution is 7.12. The molecule has 0 spiro atoms. The van der Waals surface area contributed by atoms with E-state index in [2.05, 4.69) is 22.3 Å². The van der Waals surface area contributed by atoms with E-state index in [-0.39, 0.29) is 11.7 Å². The van der Waals surface area contributed by atoms with Crippen LogP contribution in [0.5, 0.6) is 0 Å². The highest BCUT2D eigenvalue weighted by Gasteiger charge is 2.13. The number of ketones is 1. The van der Waals surface area contributed by atoms with Crippen LogP contribution < -0.4 is 10.2 Å². The third-order valence-corrected chi connectivity index (χ3v) is 5.32. The van der Waals surface area contributed by atoms with Crippen molar-refractivity contribution >= 4 is 28.7 Å². The van der Waals surface area contributed by atoms with E-state index < -0.39 is 0 Å². The smallest absolute Gasteiger partial charge is 0.224 e. The molecule has 1 N–H and O–H groups in total. The van der Waals surface area contributed by atoms with Gasteiger partial charge in [-0.3, -0.25) is 9.59 Å². The lowest BCUT2D eigenvalue weighted by Crippen LogP contribution is -2.24. The maximum Gasteiger partial charge on any atom is 0.224 e. The SMILES string of the molecule is CC(=O)c1cc(CC(=O)NCc2cccc(N3CCCC3)c2)cs1. The van der Waals surface area contributed by atoms with Crippen LogP contribution in [0, 0.1) is 0 Å². The van der Waals surface area contributed by atoms with Crippen molar-refractivity contribution in [1.82, 2.24) is 5.32 Å². The first kappa shape index (κ1) is 16.7. The van der Waals surface area contributed by atoms with Gasteiger partial charge in [0, 0.05) is 25.3 Å². The first-order valence-corrected chi connectivity index (χ1v) is 9.19. The molecule has 2 heterocycles. The third-order valence-electron chi connectivity index (χ3n) is 4.24. The zero-order valence-corrected chi connectivity index (χ0v) is 14.7. The predicted octanol–water partition coefficient (Wildman–Crippen LogP) is 3.41. The van der Waals surface area contributed by atoms with E-state index in [1.165, 1.54) is 29.9 Å². The number of anilines is 1. The number of hydrogen-bond acceptors (Lipinski definition) is 4. The topological polar surface area (TPSA) is 49.4 Å². The minimum absolute atomic E-state index is 0.0190. The quantitative estimate of drug-likeness (QED) is 0.819. The van der Waals surface area contributed by atoms with Crippen molar-refractivity contribution in [3.05, 3.63) is 51.7 Å². The molecule has 126 valence electrons. The Balaban J connectivity index is 1.53. The highest BCUT2D eigenvalue weighted by atomic mass is 32.1.